The van der Waals surface area contributed by atoms with Crippen molar-refractivity contribution >= 4 is 0 Å². The van der Waals surface area contributed by atoms with Crippen LogP contribution in [0.15, 0.2) is 27.4 Å². The van der Waals surface area contributed by atoms with Gasteiger partial charge in [-0.05, 0) is 19.1 Å². The number of aromatic nitrogens is 2. The van der Waals surface area contributed by atoms with Crippen LogP contribution in [0.5, 0.6) is 5.75 Å². The van der Waals surface area contributed by atoms with Crippen LogP contribution in [0.3, 0.4) is 0 Å². The van der Waals surface area contributed by atoms with Crippen LogP contribution in [0.4, 0.5) is 0 Å². The number of hydrogen-bond donors (Lipinski definition) is 1. The molecule has 5 nitrogen and oxygen atoms in total. The van der Waals surface area contributed by atoms with Gasteiger partial charge in [0.05, 0.1) is 12.7 Å². The van der Waals surface area contributed by atoms with E-state index in [1.165, 1.54) is 0 Å². The van der Waals surface area contributed by atoms with Crippen LogP contribution in [0.2, 0.25) is 0 Å². The van der Waals surface area contributed by atoms with Gasteiger partial charge in [0, 0.05) is 0 Å². The predicted molar refractivity (Wildman–Crippen MR) is 53.8 cm³/mol. The summed E-state index contributed by atoms with van der Waals surface area (Å²) in [5.41, 5.74) is 1.70. The molecule has 1 heterocycles. The van der Waals surface area contributed by atoms with E-state index in [1.54, 1.807) is 13.2 Å². The van der Waals surface area contributed by atoms with E-state index in [2.05, 4.69) is 10.2 Å². The first-order valence-electron chi connectivity index (χ1n) is 4.41. The third-order valence-electron chi connectivity index (χ3n) is 2.02. The quantitative estimate of drug-likeness (QED) is 0.805. The van der Waals surface area contributed by atoms with Gasteiger partial charge in [0.1, 0.15) is 5.75 Å². The molecule has 0 bridgehead atoms. The Morgan fingerprint density at radius 1 is 1.47 bits per heavy atom. The van der Waals surface area contributed by atoms with E-state index in [0.29, 0.717) is 11.3 Å². The molecule has 1 N–H and O–H groups in total. The molecule has 1 aromatic heterocycles. The monoisotopic (exact) mass is 206 g/mol. The average Bonchev–Trinajstić information content (AvgIpc) is 2.65. The minimum absolute atomic E-state index is 0.237. The topological polar surface area (TPSA) is 68.1 Å². The van der Waals surface area contributed by atoms with E-state index < -0.39 is 5.76 Å². The first-order valence-corrected chi connectivity index (χ1v) is 4.41. The Morgan fingerprint density at radius 3 is 2.87 bits per heavy atom. The van der Waals surface area contributed by atoms with Gasteiger partial charge in [0.2, 0.25) is 0 Å². The molecule has 0 fully saturated rings. The molecule has 0 spiro atoms. The molecular weight excluding hydrogens is 196 g/mol. The Kier molecular flexibility index (Phi) is 2.29. The van der Waals surface area contributed by atoms with Gasteiger partial charge in [0.25, 0.3) is 5.89 Å². The fourth-order valence-corrected chi connectivity index (χ4v) is 1.33. The molecule has 0 aliphatic rings. The van der Waals surface area contributed by atoms with Crippen molar-refractivity contribution in [3.05, 3.63) is 34.3 Å². The number of ether oxygens (including phenoxy) is 1. The zero-order valence-corrected chi connectivity index (χ0v) is 8.40. The summed E-state index contributed by atoms with van der Waals surface area (Å²) in [6.07, 6.45) is 0. The van der Waals surface area contributed by atoms with E-state index in [9.17, 15) is 4.79 Å². The summed E-state index contributed by atoms with van der Waals surface area (Å²) >= 11 is 0. The molecule has 0 unspecified atom stereocenters. The van der Waals surface area contributed by atoms with Gasteiger partial charge in [-0.3, -0.25) is 0 Å². The molecule has 2 rings (SSSR count). The summed E-state index contributed by atoms with van der Waals surface area (Å²) in [7, 11) is 1.55. The lowest BCUT2D eigenvalue weighted by atomic mass is 10.1. The second kappa shape index (κ2) is 3.61. The number of H-pyrrole nitrogens is 1. The Labute approximate surface area is 85.7 Å². The molecule has 1 aromatic carbocycles. The average molecular weight is 206 g/mol. The lowest BCUT2D eigenvalue weighted by Crippen LogP contribution is -1.93. The molecule has 0 saturated carbocycles. The standard InChI is InChI=1S/C10H10N2O3/c1-6-3-4-8(14-2)7(5-6)9-11-12-10(13)15-9/h3-5H,1-2H3,(H,12,13). The van der Waals surface area contributed by atoms with Crippen LogP contribution < -0.4 is 10.5 Å². The third kappa shape index (κ3) is 1.76. The highest BCUT2D eigenvalue weighted by atomic mass is 16.5. The van der Waals surface area contributed by atoms with E-state index in [1.807, 2.05) is 19.1 Å². The number of nitrogens with one attached hydrogen (secondary N) is 1. The summed E-state index contributed by atoms with van der Waals surface area (Å²) < 4.78 is 10.0. The molecular formula is C10H10N2O3. The van der Waals surface area contributed by atoms with Crippen molar-refractivity contribution in [3.8, 4) is 17.2 Å². The normalized spacial score (nSPS) is 10.3. The lowest BCUT2D eigenvalue weighted by molar-refractivity contribution is 0.413. The highest BCUT2D eigenvalue weighted by Gasteiger charge is 2.11. The van der Waals surface area contributed by atoms with Crippen molar-refractivity contribution < 1.29 is 9.15 Å². The second-order valence-corrected chi connectivity index (χ2v) is 3.12. The first kappa shape index (κ1) is 9.51. The van der Waals surface area contributed by atoms with Crippen molar-refractivity contribution in [2.75, 3.05) is 7.11 Å². The summed E-state index contributed by atoms with van der Waals surface area (Å²) in [6, 6.07) is 5.56. The van der Waals surface area contributed by atoms with Gasteiger partial charge in [-0.25, -0.2) is 9.89 Å². The fraction of sp³-hybridized carbons (Fsp3) is 0.200. The lowest BCUT2D eigenvalue weighted by Gasteiger charge is -2.05. The molecule has 2 aromatic rings. The molecule has 0 aliphatic carbocycles. The molecule has 78 valence electrons. The molecule has 15 heavy (non-hydrogen) atoms. The number of aromatic amines is 1. The summed E-state index contributed by atoms with van der Waals surface area (Å²) in [6.45, 7) is 1.94. The smallest absolute Gasteiger partial charge is 0.434 e. The highest BCUT2D eigenvalue weighted by molar-refractivity contribution is 5.63. The SMILES string of the molecule is COc1ccc(C)cc1-c1n[nH]c(=O)o1. The Morgan fingerprint density at radius 2 is 2.27 bits per heavy atom. The fourth-order valence-electron chi connectivity index (χ4n) is 1.33. The van der Waals surface area contributed by atoms with Crippen molar-refractivity contribution in [1.29, 1.82) is 0 Å². The minimum atomic E-state index is -0.575. The van der Waals surface area contributed by atoms with Gasteiger partial charge >= 0.3 is 5.76 Å². The number of hydrogen-bond acceptors (Lipinski definition) is 4. The minimum Gasteiger partial charge on any atom is -0.496 e. The molecule has 0 radical (unpaired) electrons. The van der Waals surface area contributed by atoms with E-state index in [-0.39, 0.29) is 5.89 Å². The Bertz CT molecular complexity index is 527. The Balaban J connectivity index is 2.59. The van der Waals surface area contributed by atoms with E-state index in [0.717, 1.165) is 5.56 Å². The van der Waals surface area contributed by atoms with Gasteiger partial charge < -0.3 is 9.15 Å². The van der Waals surface area contributed by atoms with Crippen LogP contribution in [-0.2, 0) is 0 Å². The first-order chi connectivity index (χ1) is 7.20. The predicted octanol–water partition coefficient (Wildman–Crippen LogP) is 1.35. The number of aryl methyl sites for hydroxylation is 1. The summed E-state index contributed by atoms with van der Waals surface area (Å²) in [5, 5.41) is 5.96. The van der Waals surface area contributed by atoms with Crippen molar-refractivity contribution in [3.63, 3.8) is 0 Å². The van der Waals surface area contributed by atoms with Gasteiger partial charge in [-0.2, -0.15) is 0 Å². The maximum absolute atomic E-state index is 10.8. The number of nitrogens with zero attached hydrogens (tertiary/aromatic N) is 1. The van der Waals surface area contributed by atoms with Crippen molar-refractivity contribution in [2.45, 2.75) is 6.92 Å². The number of benzene rings is 1. The molecule has 0 saturated heterocycles. The maximum Gasteiger partial charge on any atom is 0.434 e. The molecule has 0 amide bonds. The van der Waals surface area contributed by atoms with Crippen molar-refractivity contribution in [2.24, 2.45) is 0 Å². The maximum atomic E-state index is 10.8. The molecule has 0 aliphatic heterocycles. The van der Waals surface area contributed by atoms with E-state index in [4.69, 9.17) is 9.15 Å². The van der Waals surface area contributed by atoms with Gasteiger partial charge in [-0.15, -0.1) is 5.10 Å². The van der Waals surface area contributed by atoms with Gasteiger partial charge in [0.15, 0.2) is 0 Å². The number of methoxy groups -OCH3 is 1. The largest absolute Gasteiger partial charge is 0.496 e. The van der Waals surface area contributed by atoms with Crippen molar-refractivity contribution in [1.82, 2.24) is 10.2 Å². The van der Waals surface area contributed by atoms with Crippen LogP contribution in [0.1, 0.15) is 5.56 Å². The molecule has 0 atom stereocenters. The number of rotatable bonds is 2. The van der Waals surface area contributed by atoms with Crippen LogP contribution in [0.25, 0.3) is 11.5 Å². The van der Waals surface area contributed by atoms with E-state index >= 15 is 0 Å². The third-order valence-corrected chi connectivity index (χ3v) is 2.02. The zero-order valence-electron chi connectivity index (χ0n) is 8.40. The second-order valence-electron chi connectivity index (χ2n) is 3.12. The molecule has 5 heteroatoms. The van der Waals surface area contributed by atoms with Crippen LogP contribution >= 0.6 is 0 Å². The van der Waals surface area contributed by atoms with Gasteiger partial charge in [-0.1, -0.05) is 11.6 Å². The highest BCUT2D eigenvalue weighted by Crippen LogP contribution is 2.28. The summed E-state index contributed by atoms with van der Waals surface area (Å²) in [4.78, 5) is 10.8. The summed E-state index contributed by atoms with van der Waals surface area (Å²) in [5.74, 6) is 0.282. The zero-order chi connectivity index (χ0) is 10.8. The Hall–Kier alpha value is -2.04. The van der Waals surface area contributed by atoms with Crippen LogP contribution in [-0.4, -0.2) is 17.3 Å². The van der Waals surface area contributed by atoms with Crippen LogP contribution in [0, 0.1) is 6.92 Å².